The van der Waals surface area contributed by atoms with E-state index in [0.717, 1.165) is 31.8 Å². The van der Waals surface area contributed by atoms with E-state index in [1.54, 1.807) is 0 Å². The van der Waals surface area contributed by atoms with E-state index in [2.05, 4.69) is 21.9 Å². The molecule has 0 spiro atoms. The molecule has 6 aliphatic rings. The van der Waals surface area contributed by atoms with Gasteiger partial charge in [0.15, 0.2) is 0 Å². The molecular weight excluding hydrogens is 456 g/mol. The van der Waals surface area contributed by atoms with Crippen molar-refractivity contribution in [3.63, 3.8) is 0 Å². The Morgan fingerprint density at radius 1 is 1.11 bits per heavy atom. The van der Waals surface area contributed by atoms with Gasteiger partial charge in [0.05, 0.1) is 10.6 Å². The number of nitrogens with zero attached hydrogens (tertiary/aromatic N) is 2. The third kappa shape index (κ3) is 2.60. The second kappa shape index (κ2) is 7.04. The van der Waals surface area contributed by atoms with Gasteiger partial charge in [-0.1, -0.05) is 29.8 Å². The topological polar surface area (TPSA) is 43.8 Å². The predicted molar refractivity (Wildman–Crippen MR) is 136 cm³/mol. The minimum Gasteiger partial charge on any atom is -0.508 e. The van der Waals surface area contributed by atoms with Crippen molar-refractivity contribution in [1.82, 2.24) is 9.80 Å². The fourth-order valence-electron chi connectivity index (χ4n) is 9.97. The number of halogens is 1. The van der Waals surface area contributed by atoms with Crippen LogP contribution in [0.1, 0.15) is 60.0 Å². The van der Waals surface area contributed by atoms with Crippen LogP contribution in [0.4, 0.5) is 0 Å². The molecule has 3 saturated carbocycles. The molecule has 5 unspecified atom stereocenters. The molecule has 4 nitrogen and oxygen atoms in total. The third-order valence-electron chi connectivity index (χ3n) is 11.1. The average Bonchev–Trinajstić information content (AvgIpc) is 3.54. The molecule has 2 heterocycles. The molecule has 0 aromatic heterocycles. The summed E-state index contributed by atoms with van der Waals surface area (Å²) in [6.07, 6.45) is 8.60. The number of phenols is 1. The molecule has 2 aliphatic heterocycles. The van der Waals surface area contributed by atoms with Gasteiger partial charge in [0.2, 0.25) is 0 Å². The van der Waals surface area contributed by atoms with Gasteiger partial charge in [0.25, 0.3) is 5.91 Å². The molecule has 4 bridgehead atoms. The van der Waals surface area contributed by atoms with Crippen LogP contribution in [0.25, 0.3) is 0 Å². The van der Waals surface area contributed by atoms with Crippen LogP contribution in [-0.4, -0.2) is 52.5 Å². The van der Waals surface area contributed by atoms with Crippen LogP contribution in [0.5, 0.6) is 5.75 Å². The van der Waals surface area contributed by atoms with E-state index in [1.807, 2.05) is 30.3 Å². The summed E-state index contributed by atoms with van der Waals surface area (Å²) < 4.78 is 0. The Kier molecular flexibility index (Phi) is 4.24. The standard InChI is InChI=1S/C30H33ClN2O2/c31-24-4-2-1-3-22(24)28(35)33-17-20-15-29-10-9-25(33)27(20)30(29)11-12-32(16-18-5-6-18)26(29)13-19-7-8-21(34)14-23(19)30/h1-4,7-8,14,18,20,25-27,34H,5-6,9-13,15-17H2/t20-,25?,26?,27?,29?,30?/m1/s1. The van der Waals surface area contributed by atoms with E-state index in [1.165, 1.54) is 49.8 Å². The summed E-state index contributed by atoms with van der Waals surface area (Å²) >= 11 is 6.48. The van der Waals surface area contributed by atoms with Crippen molar-refractivity contribution in [3.8, 4) is 5.75 Å². The van der Waals surface area contributed by atoms with Gasteiger partial charge in [-0.05, 0) is 110 Å². The lowest BCUT2D eigenvalue weighted by Gasteiger charge is -2.66. The summed E-state index contributed by atoms with van der Waals surface area (Å²) in [5, 5.41) is 11.2. The second-order valence-corrected chi connectivity index (χ2v) is 12.8. The van der Waals surface area contributed by atoms with Crippen LogP contribution in [0.15, 0.2) is 42.5 Å². The summed E-state index contributed by atoms with van der Waals surface area (Å²) in [7, 11) is 0. The summed E-state index contributed by atoms with van der Waals surface area (Å²) in [6, 6.07) is 14.6. The zero-order valence-corrected chi connectivity index (χ0v) is 20.9. The molecular formula is C30H33ClN2O2. The Bertz CT molecular complexity index is 1240. The number of amides is 1. The number of aromatic hydroxyl groups is 1. The summed E-state index contributed by atoms with van der Waals surface area (Å²) in [5.74, 6) is 2.42. The molecule has 182 valence electrons. The fraction of sp³-hybridized carbons (Fsp3) is 0.567. The number of benzene rings is 2. The van der Waals surface area contributed by atoms with Crippen molar-refractivity contribution >= 4 is 17.5 Å². The lowest BCUT2D eigenvalue weighted by atomic mass is 9.43. The van der Waals surface area contributed by atoms with Crippen molar-refractivity contribution in [2.24, 2.45) is 23.2 Å². The minimum atomic E-state index is 0.0765. The van der Waals surface area contributed by atoms with Crippen LogP contribution in [-0.2, 0) is 11.8 Å². The van der Waals surface area contributed by atoms with Gasteiger partial charge in [0.1, 0.15) is 5.75 Å². The van der Waals surface area contributed by atoms with Gasteiger partial charge < -0.3 is 10.0 Å². The zero-order valence-electron chi connectivity index (χ0n) is 20.1. The SMILES string of the molecule is O=C(c1ccccc1Cl)N1C[C@H]2CC34CCC1C2C31CCN(CC2CC2)C4Cc2ccc(O)cc21. The van der Waals surface area contributed by atoms with Crippen molar-refractivity contribution in [2.45, 2.75) is 62.4 Å². The number of likely N-dealkylation sites (tertiary alicyclic amines) is 2. The van der Waals surface area contributed by atoms with Crippen LogP contribution in [0, 0.1) is 23.2 Å². The molecule has 8 rings (SSSR count). The number of carbonyl (C=O) groups excluding carboxylic acids is 1. The Morgan fingerprint density at radius 3 is 2.80 bits per heavy atom. The number of phenolic OH excluding ortho intramolecular Hbond substituents is 1. The Balaban J connectivity index is 1.25. The van der Waals surface area contributed by atoms with E-state index in [4.69, 9.17) is 11.6 Å². The monoisotopic (exact) mass is 488 g/mol. The van der Waals surface area contributed by atoms with E-state index < -0.39 is 0 Å². The molecule has 2 aromatic carbocycles. The summed E-state index contributed by atoms with van der Waals surface area (Å²) in [5.41, 5.74) is 3.87. The number of hydrogen-bond donors (Lipinski definition) is 1. The van der Waals surface area contributed by atoms with Crippen molar-refractivity contribution < 1.29 is 9.90 Å². The van der Waals surface area contributed by atoms with Gasteiger partial charge >= 0.3 is 0 Å². The van der Waals surface area contributed by atoms with E-state index in [9.17, 15) is 9.90 Å². The van der Waals surface area contributed by atoms with Gasteiger partial charge in [-0.2, -0.15) is 0 Å². The average molecular weight is 489 g/mol. The van der Waals surface area contributed by atoms with Gasteiger partial charge in [-0.15, -0.1) is 0 Å². The van der Waals surface area contributed by atoms with Gasteiger partial charge in [0, 0.05) is 30.6 Å². The smallest absolute Gasteiger partial charge is 0.255 e. The fourth-order valence-corrected chi connectivity index (χ4v) is 10.2. The number of rotatable bonds is 3. The van der Waals surface area contributed by atoms with E-state index in [0.29, 0.717) is 34.2 Å². The van der Waals surface area contributed by atoms with Crippen LogP contribution >= 0.6 is 11.6 Å². The summed E-state index contributed by atoms with van der Waals surface area (Å²) in [6.45, 7) is 3.28. The number of piperidine rings is 1. The van der Waals surface area contributed by atoms with Crippen molar-refractivity contribution in [3.05, 3.63) is 64.2 Å². The largest absolute Gasteiger partial charge is 0.508 e. The number of carbonyl (C=O) groups is 1. The third-order valence-corrected chi connectivity index (χ3v) is 11.5. The van der Waals surface area contributed by atoms with Crippen LogP contribution < -0.4 is 0 Å². The zero-order chi connectivity index (χ0) is 23.5. The molecule has 0 radical (unpaired) electrons. The molecule has 1 amide bonds. The highest BCUT2D eigenvalue weighted by atomic mass is 35.5. The first kappa shape index (κ1) is 21.1. The molecule has 2 aromatic rings. The molecule has 1 N–H and O–H groups in total. The Labute approximate surface area is 212 Å². The maximum absolute atomic E-state index is 13.8. The maximum Gasteiger partial charge on any atom is 0.255 e. The molecule has 5 fully saturated rings. The Hall–Kier alpha value is -2.04. The van der Waals surface area contributed by atoms with Crippen molar-refractivity contribution in [2.75, 3.05) is 19.6 Å². The Morgan fingerprint density at radius 2 is 1.97 bits per heavy atom. The molecule has 35 heavy (non-hydrogen) atoms. The highest BCUT2D eigenvalue weighted by Gasteiger charge is 2.76. The molecule has 6 atom stereocenters. The predicted octanol–water partition coefficient (Wildman–Crippen LogP) is 5.26. The van der Waals surface area contributed by atoms with Gasteiger partial charge in [-0.25, -0.2) is 0 Å². The quantitative estimate of drug-likeness (QED) is 0.640. The summed E-state index contributed by atoms with van der Waals surface area (Å²) in [4.78, 5) is 18.9. The van der Waals surface area contributed by atoms with Crippen molar-refractivity contribution in [1.29, 1.82) is 0 Å². The minimum absolute atomic E-state index is 0.0765. The van der Waals surface area contributed by atoms with Crippen LogP contribution in [0.2, 0.25) is 5.02 Å². The first-order valence-electron chi connectivity index (χ1n) is 13.6. The first-order chi connectivity index (χ1) is 17.0. The normalized spacial score (nSPS) is 38.8. The van der Waals surface area contributed by atoms with E-state index in [-0.39, 0.29) is 22.8 Å². The molecule has 4 aliphatic carbocycles. The lowest BCUT2D eigenvalue weighted by Crippen LogP contribution is -2.69. The first-order valence-corrected chi connectivity index (χ1v) is 14.0. The second-order valence-electron chi connectivity index (χ2n) is 12.4. The van der Waals surface area contributed by atoms with E-state index >= 15 is 0 Å². The molecule has 2 saturated heterocycles. The maximum atomic E-state index is 13.8. The number of hydrogen-bond acceptors (Lipinski definition) is 3. The highest BCUT2D eigenvalue weighted by Crippen LogP contribution is 2.75. The number of fused-ring (bicyclic) bond motifs is 1. The molecule has 5 heteroatoms. The van der Waals surface area contributed by atoms with Crippen LogP contribution in [0.3, 0.4) is 0 Å². The lowest BCUT2D eigenvalue weighted by molar-refractivity contribution is -0.102. The van der Waals surface area contributed by atoms with Gasteiger partial charge in [-0.3, -0.25) is 9.69 Å². The highest BCUT2D eigenvalue weighted by molar-refractivity contribution is 6.33.